The van der Waals surface area contributed by atoms with Crippen LogP contribution in [-0.4, -0.2) is 12.1 Å². The molecule has 0 N–H and O–H groups in total. The Kier molecular flexibility index (Phi) is 0.612. The zero-order valence-corrected chi connectivity index (χ0v) is 6.53. The first-order chi connectivity index (χ1) is 5.42. The van der Waals surface area contributed by atoms with Crippen molar-refractivity contribution in [3.05, 3.63) is 0 Å². The number of rotatable bonds is 0. The van der Waals surface area contributed by atoms with Gasteiger partial charge in [-0.05, 0) is 37.0 Å². The molecule has 3 fully saturated rings. The lowest BCUT2D eigenvalue weighted by Gasteiger charge is -2.27. The van der Waals surface area contributed by atoms with Gasteiger partial charge in [0, 0.05) is 5.92 Å². The van der Waals surface area contributed by atoms with Gasteiger partial charge in [0.05, 0.1) is 12.1 Å². The second-order valence-corrected chi connectivity index (χ2v) is 4.75. The van der Waals surface area contributed by atoms with Crippen molar-refractivity contribution in [3.8, 4) is 0 Å². The highest BCUT2D eigenvalue weighted by Gasteiger charge is 2.71. The lowest BCUT2D eigenvalue weighted by atomic mass is 9.81. The molecule has 4 bridgehead atoms. The van der Waals surface area contributed by atoms with E-state index in [1.807, 2.05) is 0 Å². The van der Waals surface area contributed by atoms with Gasteiger partial charge in [0.25, 0.3) is 0 Å². The van der Waals surface area contributed by atoms with E-state index in [1.165, 1.54) is 25.7 Å². The second-order valence-electron chi connectivity index (χ2n) is 4.75. The Morgan fingerprint density at radius 2 is 2.00 bits per heavy atom. The number of hydrogen-bond donors (Lipinski definition) is 0. The van der Waals surface area contributed by atoms with Gasteiger partial charge in [0.1, 0.15) is 0 Å². The molecule has 0 aromatic rings. The molecule has 0 saturated heterocycles. The van der Waals surface area contributed by atoms with E-state index in [2.05, 4.69) is 10.2 Å². The zero-order valence-electron chi connectivity index (χ0n) is 6.53. The van der Waals surface area contributed by atoms with Crippen LogP contribution in [-0.2, 0) is 0 Å². The Morgan fingerprint density at radius 3 is 2.55 bits per heavy atom. The molecular weight excluding hydrogens is 136 g/mol. The lowest BCUT2D eigenvalue weighted by molar-refractivity contribution is 0.245. The van der Waals surface area contributed by atoms with Crippen LogP contribution in [0.25, 0.3) is 0 Å². The minimum atomic E-state index is 0.683. The summed E-state index contributed by atoms with van der Waals surface area (Å²) in [6.45, 7) is 0. The minimum Gasteiger partial charge on any atom is -0.190 e. The average Bonchev–Trinajstić information content (AvgIpc) is 2.46. The third kappa shape index (κ3) is 0.372. The van der Waals surface area contributed by atoms with E-state index in [0.717, 1.165) is 17.3 Å². The van der Waals surface area contributed by atoms with Crippen molar-refractivity contribution < 1.29 is 0 Å². The monoisotopic (exact) mass is 148 g/mol. The smallest absolute Gasteiger partial charge is 0.0817 e. The summed E-state index contributed by atoms with van der Waals surface area (Å²) in [4.78, 5) is 0. The molecule has 4 rings (SSSR count). The number of azo groups is 1. The summed E-state index contributed by atoms with van der Waals surface area (Å²) in [6.07, 6.45) is 5.82. The van der Waals surface area contributed by atoms with Crippen LogP contribution < -0.4 is 0 Å². The van der Waals surface area contributed by atoms with E-state index >= 15 is 0 Å². The van der Waals surface area contributed by atoms with E-state index in [-0.39, 0.29) is 0 Å². The SMILES string of the molecule is C1C[C@@H]2[C@H]3N=NC([C@@H]13)C21CC1. The molecule has 3 saturated carbocycles. The van der Waals surface area contributed by atoms with Crippen molar-refractivity contribution in [1.29, 1.82) is 0 Å². The maximum Gasteiger partial charge on any atom is 0.0817 e. The molecule has 0 amide bonds. The van der Waals surface area contributed by atoms with Gasteiger partial charge < -0.3 is 0 Å². The number of hydrogen-bond acceptors (Lipinski definition) is 2. The first kappa shape index (κ1) is 5.28. The van der Waals surface area contributed by atoms with Crippen molar-refractivity contribution in [1.82, 2.24) is 0 Å². The van der Waals surface area contributed by atoms with Crippen LogP contribution in [0.1, 0.15) is 25.7 Å². The van der Waals surface area contributed by atoms with Crippen LogP contribution in [0.5, 0.6) is 0 Å². The topological polar surface area (TPSA) is 24.7 Å². The van der Waals surface area contributed by atoms with Crippen molar-refractivity contribution in [2.45, 2.75) is 37.8 Å². The van der Waals surface area contributed by atoms with Gasteiger partial charge in [0.15, 0.2) is 0 Å². The van der Waals surface area contributed by atoms with Crippen LogP contribution in [0.2, 0.25) is 0 Å². The normalized spacial score (nSPS) is 59.6. The highest BCUT2D eigenvalue weighted by Crippen LogP contribution is 2.72. The molecule has 58 valence electrons. The van der Waals surface area contributed by atoms with Gasteiger partial charge >= 0.3 is 0 Å². The summed E-state index contributed by atoms with van der Waals surface area (Å²) in [5.74, 6) is 1.86. The Balaban J connectivity index is 1.94. The Morgan fingerprint density at radius 1 is 1.09 bits per heavy atom. The predicted octanol–water partition coefficient (Wildman–Crippen LogP) is 2.01. The van der Waals surface area contributed by atoms with E-state index in [0.29, 0.717) is 12.1 Å². The molecule has 2 heteroatoms. The maximum atomic E-state index is 4.43. The van der Waals surface area contributed by atoms with Gasteiger partial charge in [-0.15, -0.1) is 0 Å². The van der Waals surface area contributed by atoms with Crippen molar-refractivity contribution in [2.75, 3.05) is 0 Å². The summed E-state index contributed by atoms with van der Waals surface area (Å²) in [6, 6.07) is 1.37. The molecule has 1 aliphatic heterocycles. The first-order valence-corrected chi connectivity index (χ1v) is 4.82. The van der Waals surface area contributed by atoms with Gasteiger partial charge in [-0.1, -0.05) is 0 Å². The van der Waals surface area contributed by atoms with Crippen LogP contribution in [0.3, 0.4) is 0 Å². The molecule has 0 radical (unpaired) electrons. The van der Waals surface area contributed by atoms with E-state index < -0.39 is 0 Å². The minimum absolute atomic E-state index is 0.683. The highest BCUT2D eigenvalue weighted by atomic mass is 15.3. The van der Waals surface area contributed by atoms with Gasteiger partial charge in [-0.3, -0.25) is 0 Å². The molecule has 2 nitrogen and oxygen atoms in total. The summed E-state index contributed by atoms with van der Waals surface area (Å²) in [5, 5.41) is 8.82. The molecular formula is C9H12N2. The lowest BCUT2D eigenvalue weighted by Crippen LogP contribution is -2.27. The molecule has 1 spiro atoms. The summed E-state index contributed by atoms with van der Waals surface area (Å²) in [5.41, 5.74) is 0.718. The third-order valence-electron chi connectivity index (χ3n) is 4.55. The molecule has 3 aliphatic carbocycles. The first-order valence-electron chi connectivity index (χ1n) is 4.82. The average molecular weight is 148 g/mol. The Hall–Kier alpha value is -0.400. The molecule has 4 atom stereocenters. The predicted molar refractivity (Wildman–Crippen MR) is 40.3 cm³/mol. The molecule has 0 aromatic heterocycles. The summed E-state index contributed by atoms with van der Waals surface area (Å²) in [7, 11) is 0. The quantitative estimate of drug-likeness (QED) is 0.502. The highest BCUT2D eigenvalue weighted by molar-refractivity contribution is 5.24. The fourth-order valence-corrected chi connectivity index (χ4v) is 3.96. The molecule has 1 unspecified atom stereocenters. The van der Waals surface area contributed by atoms with Crippen molar-refractivity contribution in [3.63, 3.8) is 0 Å². The summed E-state index contributed by atoms with van der Waals surface area (Å²) >= 11 is 0. The zero-order chi connectivity index (χ0) is 7.05. The van der Waals surface area contributed by atoms with Crippen LogP contribution in [0.15, 0.2) is 10.2 Å². The molecule has 0 aromatic carbocycles. The van der Waals surface area contributed by atoms with E-state index in [4.69, 9.17) is 0 Å². The third-order valence-corrected chi connectivity index (χ3v) is 4.55. The maximum absolute atomic E-state index is 4.43. The molecule has 1 heterocycles. The van der Waals surface area contributed by atoms with Gasteiger partial charge in [-0.25, -0.2) is 0 Å². The fourth-order valence-electron chi connectivity index (χ4n) is 3.96. The number of fused-ring (bicyclic) bond motifs is 2. The molecule has 4 aliphatic rings. The van der Waals surface area contributed by atoms with Crippen molar-refractivity contribution >= 4 is 0 Å². The fraction of sp³-hybridized carbons (Fsp3) is 1.00. The Bertz CT molecular complexity index is 254. The van der Waals surface area contributed by atoms with Crippen LogP contribution in [0, 0.1) is 17.3 Å². The van der Waals surface area contributed by atoms with Crippen LogP contribution in [0.4, 0.5) is 0 Å². The standard InChI is InChI=1S/C9H12N2/c1-2-6-7-5(1)8(11-10-7)9(6)3-4-9/h5-8H,1-4H2/t5-,6+,7-,8?/m0/s1. The Labute approximate surface area is 66.1 Å². The van der Waals surface area contributed by atoms with Crippen LogP contribution >= 0.6 is 0 Å². The summed E-state index contributed by atoms with van der Waals surface area (Å²) < 4.78 is 0. The van der Waals surface area contributed by atoms with Gasteiger partial charge in [-0.2, -0.15) is 10.2 Å². The van der Waals surface area contributed by atoms with Gasteiger partial charge in [0.2, 0.25) is 0 Å². The van der Waals surface area contributed by atoms with E-state index in [9.17, 15) is 0 Å². The van der Waals surface area contributed by atoms with E-state index in [1.54, 1.807) is 0 Å². The number of nitrogens with zero attached hydrogens (tertiary/aromatic N) is 2. The molecule has 11 heavy (non-hydrogen) atoms. The van der Waals surface area contributed by atoms with Crippen molar-refractivity contribution in [2.24, 2.45) is 27.5 Å². The second kappa shape index (κ2) is 1.27. The largest absolute Gasteiger partial charge is 0.190 e.